The third kappa shape index (κ3) is 7.19. The van der Waals surface area contributed by atoms with Crippen molar-refractivity contribution in [2.75, 3.05) is 6.61 Å². The molecule has 0 spiro atoms. The molecule has 8 rings (SSSR count). The van der Waals surface area contributed by atoms with Crippen molar-refractivity contribution in [2.45, 2.75) is 37.1 Å². The number of carboxylic acid groups (broad SMARTS) is 1. The van der Waals surface area contributed by atoms with Gasteiger partial charge in [-0.3, -0.25) is 9.59 Å². The monoisotopic (exact) mass is 952 g/mol. The van der Waals surface area contributed by atoms with Crippen molar-refractivity contribution in [3.05, 3.63) is 63.9 Å². The molecule has 4 heterocycles. The number of cyclic esters (lactones) is 2. The number of phenols is 12. The lowest BCUT2D eigenvalue weighted by Gasteiger charge is -2.44. The fourth-order valence-electron chi connectivity index (χ4n) is 7.71. The maximum absolute atomic E-state index is 14.6. The Morgan fingerprint density at radius 2 is 1.01 bits per heavy atom. The van der Waals surface area contributed by atoms with Crippen LogP contribution in [0.5, 0.6) is 69.0 Å². The Kier molecular flexibility index (Phi) is 10.7. The van der Waals surface area contributed by atoms with Gasteiger partial charge in [0, 0.05) is 22.3 Å². The summed E-state index contributed by atoms with van der Waals surface area (Å²) < 4.78 is 38.6. The highest BCUT2D eigenvalue weighted by molar-refractivity contribution is 6.11. The number of aromatic hydroxyl groups is 12. The van der Waals surface area contributed by atoms with Gasteiger partial charge in [0.25, 0.3) is 0 Å². The number of carbonyl (C=O) groups excluding carboxylic acids is 6. The normalized spacial score (nSPS) is 22.3. The quantitative estimate of drug-likeness (QED) is 0.0760. The summed E-state index contributed by atoms with van der Waals surface area (Å²) in [6.45, 7) is -1.31. The smallest absolute Gasteiger partial charge is 0.372 e. The molecule has 27 heteroatoms. The lowest BCUT2D eigenvalue weighted by Crippen LogP contribution is -2.63. The Balaban J connectivity index is 1.40. The van der Waals surface area contributed by atoms with E-state index in [1.54, 1.807) is 0 Å². The van der Waals surface area contributed by atoms with Crippen LogP contribution in [0.2, 0.25) is 0 Å². The van der Waals surface area contributed by atoms with Gasteiger partial charge in [-0.2, -0.15) is 0 Å². The molecule has 4 aliphatic heterocycles. The van der Waals surface area contributed by atoms with E-state index in [0.717, 1.165) is 0 Å². The SMILES string of the molecule is O=C1C[C@@H]2C(=O)O[C@H]3[C@H]4OC(=O)c5cc(O)c(O)c(O)c5-c5c(cc(O)c(O)c5O)C(=O)OC[C@H]3O[C@@H](OC(=O)c3cc(O)c(O)c(O)c3)[C@@H]4OC(=O)c3cc(O)c(O)c(O)c3C2=C(C(=O)O)O1. The highest BCUT2D eigenvalue weighted by Crippen LogP contribution is 2.54. The van der Waals surface area contributed by atoms with Crippen molar-refractivity contribution >= 4 is 47.4 Å². The van der Waals surface area contributed by atoms with Gasteiger partial charge < -0.3 is 99.5 Å². The minimum atomic E-state index is -2.61. The summed E-state index contributed by atoms with van der Waals surface area (Å²) in [5, 5.41) is 137. The van der Waals surface area contributed by atoms with E-state index >= 15 is 0 Å². The van der Waals surface area contributed by atoms with Gasteiger partial charge in [-0.05, 0) is 30.3 Å². The maximum Gasteiger partial charge on any atom is 0.372 e. The number of ether oxygens (including phenoxy) is 7. The molecule has 0 aromatic heterocycles. The van der Waals surface area contributed by atoms with Crippen molar-refractivity contribution in [1.29, 1.82) is 0 Å². The first-order chi connectivity index (χ1) is 32.0. The van der Waals surface area contributed by atoms with E-state index in [-0.39, 0.29) is 0 Å². The predicted molar refractivity (Wildman–Crippen MR) is 206 cm³/mol. The Hall–Kier alpha value is -9.53. The van der Waals surface area contributed by atoms with Crippen molar-refractivity contribution in [2.24, 2.45) is 5.92 Å². The molecule has 0 radical (unpaired) electrons. The highest BCUT2D eigenvalue weighted by atomic mass is 16.7. The number of carboxylic acids is 1. The standard InChI is InChI=1S/C41H28O27/c42-13-1-8(2-14(43)24(13)48)36(57)68-41-34-33-31(65-40(61)12-6-19(47)64-32(35(55)56)23(12)22-11(39(60)67-34)5-17(46)27(51)30(22)54)18(63-41)7-62-37(58)9-3-15(44)25(49)28(52)20(9)21-10(38(59)66-33)4-16(45)26(50)29(21)53/h1-5,12,18,31,33-34,41-46,48-54H,6-7H2,(H,55,56)/t12-,18+,31+,33+,34+,41-/m0/s1. The molecule has 1 saturated heterocycles. The number of rotatable bonds is 3. The third-order valence-corrected chi connectivity index (χ3v) is 10.8. The Bertz CT molecular complexity index is 2980. The van der Waals surface area contributed by atoms with Crippen LogP contribution in [0.15, 0.2) is 36.1 Å². The maximum atomic E-state index is 14.6. The minimum absolute atomic E-state index is 0.359. The summed E-state index contributed by atoms with van der Waals surface area (Å²) in [4.78, 5) is 96.8. The molecule has 4 bridgehead atoms. The van der Waals surface area contributed by atoms with Crippen LogP contribution in [0, 0.1) is 5.92 Å². The number of hydrogen-bond donors (Lipinski definition) is 13. The zero-order valence-electron chi connectivity index (χ0n) is 33.3. The van der Waals surface area contributed by atoms with E-state index in [9.17, 15) is 99.9 Å². The van der Waals surface area contributed by atoms with Crippen LogP contribution in [-0.4, -0.2) is 145 Å². The molecule has 68 heavy (non-hydrogen) atoms. The average Bonchev–Trinajstić information content (AvgIpc) is 3.29. The van der Waals surface area contributed by atoms with Crippen LogP contribution in [0.3, 0.4) is 0 Å². The predicted octanol–water partition coefficient (Wildman–Crippen LogP) is 0.608. The van der Waals surface area contributed by atoms with Gasteiger partial charge in [-0.1, -0.05) is 0 Å². The van der Waals surface area contributed by atoms with Gasteiger partial charge in [-0.15, -0.1) is 0 Å². The largest absolute Gasteiger partial charge is 0.504 e. The van der Waals surface area contributed by atoms with Crippen LogP contribution in [0.4, 0.5) is 0 Å². The fraction of sp³-hybridized carbons (Fsp3) is 0.195. The summed E-state index contributed by atoms with van der Waals surface area (Å²) in [6, 6.07) is 2.26. The van der Waals surface area contributed by atoms with E-state index in [0.29, 0.717) is 30.3 Å². The number of fused-ring (bicyclic) bond motifs is 6. The third-order valence-electron chi connectivity index (χ3n) is 10.8. The molecule has 13 N–H and O–H groups in total. The number of aliphatic carboxylic acids is 1. The number of esters is 6. The summed E-state index contributed by atoms with van der Waals surface area (Å²) in [5.74, 6) is -32.0. The lowest BCUT2D eigenvalue weighted by atomic mass is 9.84. The molecule has 354 valence electrons. The summed E-state index contributed by atoms with van der Waals surface area (Å²) in [6.07, 6.45) is -13.6. The van der Waals surface area contributed by atoms with Crippen molar-refractivity contribution in [3.63, 3.8) is 0 Å². The minimum Gasteiger partial charge on any atom is -0.504 e. The van der Waals surface area contributed by atoms with Gasteiger partial charge in [-0.25, -0.2) is 24.0 Å². The molecule has 4 aromatic carbocycles. The Morgan fingerprint density at radius 1 is 0.544 bits per heavy atom. The second kappa shape index (κ2) is 16.2. The molecule has 1 fully saturated rings. The number of hydrogen-bond acceptors (Lipinski definition) is 26. The first kappa shape index (κ1) is 45.1. The van der Waals surface area contributed by atoms with E-state index < -0.39 is 211 Å². The second-order valence-corrected chi connectivity index (χ2v) is 14.9. The fourth-order valence-corrected chi connectivity index (χ4v) is 7.71. The first-order valence-electron chi connectivity index (χ1n) is 18.9. The molecular formula is C41H28O27. The van der Waals surface area contributed by atoms with E-state index in [4.69, 9.17) is 33.2 Å². The van der Waals surface area contributed by atoms with Crippen LogP contribution >= 0.6 is 0 Å². The summed E-state index contributed by atoms with van der Waals surface area (Å²) in [5.41, 5.74) is -8.60. The van der Waals surface area contributed by atoms with E-state index in [1.807, 2.05) is 0 Å². The molecular weight excluding hydrogens is 924 g/mol. The topological polar surface area (TPSA) is 447 Å². The number of carbonyl (C=O) groups is 7. The van der Waals surface area contributed by atoms with E-state index in [2.05, 4.69) is 0 Å². The second-order valence-electron chi connectivity index (χ2n) is 14.9. The summed E-state index contributed by atoms with van der Waals surface area (Å²) in [7, 11) is 0. The first-order valence-corrected chi connectivity index (χ1v) is 18.9. The van der Waals surface area contributed by atoms with Gasteiger partial charge in [0.1, 0.15) is 12.7 Å². The van der Waals surface area contributed by atoms with Crippen molar-refractivity contribution in [3.8, 4) is 80.1 Å². The molecule has 4 aromatic rings. The number of benzene rings is 4. The van der Waals surface area contributed by atoms with Crippen LogP contribution in [-0.2, 0) is 47.5 Å². The molecule has 0 unspecified atom stereocenters. The van der Waals surface area contributed by atoms with Crippen LogP contribution < -0.4 is 0 Å². The lowest BCUT2D eigenvalue weighted by molar-refractivity contribution is -0.287. The molecule has 0 aliphatic carbocycles. The molecule has 27 nitrogen and oxygen atoms in total. The van der Waals surface area contributed by atoms with Gasteiger partial charge in [0.2, 0.25) is 35.4 Å². The highest BCUT2D eigenvalue weighted by Gasteiger charge is 2.57. The average molecular weight is 953 g/mol. The molecule has 0 amide bonds. The van der Waals surface area contributed by atoms with E-state index in [1.165, 1.54) is 0 Å². The molecule has 6 atom stereocenters. The van der Waals surface area contributed by atoms with Gasteiger partial charge in [0.05, 0.1) is 34.6 Å². The molecule has 0 saturated carbocycles. The van der Waals surface area contributed by atoms with Crippen LogP contribution in [0.1, 0.15) is 53.4 Å². The number of phenolic OH excluding ortho intramolecular Hbond substituents is 12. The van der Waals surface area contributed by atoms with Gasteiger partial charge in [0.15, 0.2) is 64.0 Å². The molecule has 4 aliphatic rings. The van der Waals surface area contributed by atoms with Crippen molar-refractivity contribution < 1.29 is 133 Å². The zero-order valence-corrected chi connectivity index (χ0v) is 33.3. The Labute approximate surface area is 373 Å². The van der Waals surface area contributed by atoms with Crippen LogP contribution in [0.25, 0.3) is 16.7 Å². The summed E-state index contributed by atoms with van der Waals surface area (Å²) >= 11 is 0. The van der Waals surface area contributed by atoms with Gasteiger partial charge >= 0.3 is 41.8 Å². The Morgan fingerprint density at radius 3 is 1.54 bits per heavy atom. The zero-order chi connectivity index (χ0) is 49.5. The van der Waals surface area contributed by atoms with Crippen molar-refractivity contribution in [1.82, 2.24) is 0 Å².